The molecule has 0 spiro atoms. The van der Waals surface area contributed by atoms with Crippen LogP contribution in [0.15, 0.2) is 58.6 Å². The van der Waals surface area contributed by atoms with Crippen molar-refractivity contribution in [2.24, 2.45) is 0 Å². The zero-order chi connectivity index (χ0) is 40.7. The summed E-state index contributed by atoms with van der Waals surface area (Å²) in [7, 11) is 0. The molecule has 1 aromatic carbocycles. The van der Waals surface area contributed by atoms with Gasteiger partial charge in [-0.1, -0.05) is 117 Å². The number of nitrogens with zero attached hydrogens (tertiary/aromatic N) is 5. The zero-order valence-electron chi connectivity index (χ0n) is 34.3. The van der Waals surface area contributed by atoms with Gasteiger partial charge in [0.25, 0.3) is 0 Å². The van der Waals surface area contributed by atoms with E-state index in [0.29, 0.717) is 37.1 Å². The molecule has 0 radical (unpaired) electrons. The second kappa shape index (κ2) is 25.2. The fraction of sp³-hybridized carbons (Fsp3) is 0.568. The molecule has 312 valence electrons. The second-order valence-corrected chi connectivity index (χ2v) is 14.5. The van der Waals surface area contributed by atoms with Crippen molar-refractivity contribution in [2.75, 3.05) is 19.8 Å². The fourth-order valence-corrected chi connectivity index (χ4v) is 6.23. The van der Waals surface area contributed by atoms with Gasteiger partial charge in [-0.2, -0.15) is 15.0 Å². The van der Waals surface area contributed by atoms with Crippen molar-refractivity contribution in [2.45, 2.75) is 143 Å². The topological polar surface area (TPSA) is 160 Å². The summed E-state index contributed by atoms with van der Waals surface area (Å²) in [6, 6.07) is 6.10. The quantitative estimate of drug-likeness (QED) is 0.0505. The Morgan fingerprint density at radius 3 is 1.35 bits per heavy atom. The third-order valence-corrected chi connectivity index (χ3v) is 9.56. The van der Waals surface area contributed by atoms with Gasteiger partial charge in [-0.3, -0.25) is 18.7 Å². The number of rotatable bonds is 29. The molecule has 0 saturated heterocycles. The highest BCUT2D eigenvalue weighted by Crippen LogP contribution is 2.40. The van der Waals surface area contributed by atoms with E-state index in [0.717, 1.165) is 44.1 Å². The van der Waals surface area contributed by atoms with Gasteiger partial charge in [0, 0.05) is 24.5 Å². The number of aromatic nitrogens is 5. The van der Waals surface area contributed by atoms with Crippen LogP contribution >= 0.6 is 0 Å². The first-order chi connectivity index (χ1) is 27.8. The fourth-order valence-electron chi connectivity index (χ4n) is 6.23. The van der Waals surface area contributed by atoms with E-state index >= 15 is 0 Å². The number of ether oxygens (including phenoxy) is 4. The molecular weight excluding hydrogens is 727 g/mol. The summed E-state index contributed by atoms with van der Waals surface area (Å²) in [5.74, 6) is 0.842. The highest BCUT2D eigenvalue weighted by molar-refractivity contribution is 5.54. The van der Waals surface area contributed by atoms with Crippen LogP contribution in [0, 0.1) is 0 Å². The van der Waals surface area contributed by atoms with Crippen molar-refractivity contribution in [3.8, 4) is 46.7 Å². The minimum Gasteiger partial charge on any atom is -0.503 e. The van der Waals surface area contributed by atoms with Crippen LogP contribution in [0.1, 0.15) is 142 Å². The van der Waals surface area contributed by atoms with E-state index in [1.54, 1.807) is 0 Å². The summed E-state index contributed by atoms with van der Waals surface area (Å²) < 4.78 is 28.2. The van der Waals surface area contributed by atoms with Crippen LogP contribution in [-0.4, -0.2) is 54.1 Å². The molecule has 0 fully saturated rings. The Balaban J connectivity index is 1.63. The van der Waals surface area contributed by atoms with E-state index < -0.39 is 22.4 Å². The van der Waals surface area contributed by atoms with Gasteiger partial charge >= 0.3 is 6.01 Å². The van der Waals surface area contributed by atoms with E-state index in [1.807, 2.05) is 12.1 Å². The first kappa shape index (κ1) is 44.6. The smallest absolute Gasteiger partial charge is 0.323 e. The molecule has 13 nitrogen and oxygen atoms in total. The van der Waals surface area contributed by atoms with Crippen LogP contribution in [0.2, 0.25) is 0 Å². The Bertz CT molecular complexity index is 1780. The Morgan fingerprint density at radius 1 is 0.526 bits per heavy atom. The maximum absolute atomic E-state index is 11.9. The van der Waals surface area contributed by atoms with Crippen molar-refractivity contribution >= 4 is 0 Å². The average Bonchev–Trinajstić information content (AvgIpc) is 3.21. The number of benzene rings is 1. The molecule has 3 heterocycles. The van der Waals surface area contributed by atoms with E-state index in [-0.39, 0.29) is 24.5 Å². The van der Waals surface area contributed by atoms with Gasteiger partial charge in [0.05, 0.1) is 32.2 Å². The Kier molecular flexibility index (Phi) is 19.8. The maximum atomic E-state index is 11.9. The summed E-state index contributed by atoms with van der Waals surface area (Å²) in [4.78, 5) is 37.2. The van der Waals surface area contributed by atoms with Crippen molar-refractivity contribution in [3.05, 3.63) is 75.1 Å². The van der Waals surface area contributed by atoms with Crippen molar-refractivity contribution in [3.63, 3.8) is 0 Å². The van der Waals surface area contributed by atoms with Gasteiger partial charge in [0.1, 0.15) is 6.61 Å². The van der Waals surface area contributed by atoms with E-state index in [1.165, 1.54) is 123 Å². The molecule has 0 unspecified atom stereocenters. The molecule has 0 amide bonds. The predicted molar refractivity (Wildman–Crippen MR) is 222 cm³/mol. The first-order valence-electron chi connectivity index (χ1n) is 21.1. The average molecular weight is 790 g/mol. The zero-order valence-corrected chi connectivity index (χ0v) is 34.3. The maximum Gasteiger partial charge on any atom is 0.323 e. The molecule has 0 aliphatic heterocycles. The highest BCUT2D eigenvalue weighted by atomic mass is 16.5. The van der Waals surface area contributed by atoms with Crippen LogP contribution in [0.25, 0.3) is 11.9 Å². The van der Waals surface area contributed by atoms with Crippen LogP contribution in [0.5, 0.6) is 34.8 Å². The molecule has 0 aliphatic rings. The Hall–Kier alpha value is -5.07. The van der Waals surface area contributed by atoms with Gasteiger partial charge < -0.3 is 29.2 Å². The van der Waals surface area contributed by atoms with E-state index in [4.69, 9.17) is 18.9 Å². The van der Waals surface area contributed by atoms with Gasteiger partial charge in [-0.05, 0) is 37.0 Å². The summed E-state index contributed by atoms with van der Waals surface area (Å²) in [5, 5.41) is 20.3. The lowest BCUT2D eigenvalue weighted by Crippen LogP contribution is -2.13. The third kappa shape index (κ3) is 15.4. The van der Waals surface area contributed by atoms with Gasteiger partial charge in [-0.15, -0.1) is 0 Å². The van der Waals surface area contributed by atoms with Crippen LogP contribution in [0.3, 0.4) is 0 Å². The normalized spacial score (nSPS) is 11.1. The third-order valence-electron chi connectivity index (χ3n) is 9.56. The monoisotopic (exact) mass is 789 g/mol. The highest BCUT2D eigenvalue weighted by Gasteiger charge is 2.18. The standard InChI is InChI=1S/C44H63N5O8/c1-4-7-10-13-16-19-26-54-39-29-34(30-40(55-27-20-17-14-11-8-5-2)41(39)56-28-21-18-15-12-9-6-3)33-57-44-46-42(48-24-22-35(50)37(52)31-48)45-43(47-44)49-25-23-36(51)38(53)32-49/h22-25,29-32,52-53H,4-21,26-28,33H2,1-3H3. The minimum atomic E-state index is -0.564. The lowest BCUT2D eigenvalue weighted by atomic mass is 10.1. The van der Waals surface area contributed by atoms with E-state index in [2.05, 4.69) is 35.7 Å². The van der Waals surface area contributed by atoms with Gasteiger partial charge in [0.2, 0.25) is 28.5 Å². The number of hydrogen-bond donors (Lipinski definition) is 2. The van der Waals surface area contributed by atoms with Gasteiger partial charge in [0.15, 0.2) is 23.0 Å². The summed E-state index contributed by atoms with van der Waals surface area (Å²) in [6.07, 6.45) is 25.8. The lowest BCUT2D eigenvalue weighted by Gasteiger charge is -2.19. The second-order valence-electron chi connectivity index (χ2n) is 14.5. The molecule has 13 heteroatoms. The molecule has 0 atom stereocenters. The predicted octanol–water partition coefficient (Wildman–Crippen LogP) is 9.38. The largest absolute Gasteiger partial charge is 0.503 e. The molecule has 0 saturated carbocycles. The molecule has 57 heavy (non-hydrogen) atoms. The molecule has 2 N–H and O–H groups in total. The number of pyridine rings is 2. The van der Waals surface area contributed by atoms with Crippen LogP contribution < -0.4 is 29.8 Å². The summed E-state index contributed by atoms with van der Waals surface area (Å²) in [5.41, 5.74) is -0.389. The number of aromatic hydroxyl groups is 2. The van der Waals surface area contributed by atoms with E-state index in [9.17, 15) is 19.8 Å². The first-order valence-corrected chi connectivity index (χ1v) is 21.1. The molecule has 3 aromatic heterocycles. The Morgan fingerprint density at radius 2 is 0.930 bits per heavy atom. The SMILES string of the molecule is CCCCCCCCOc1cc(COc2nc(-n3ccc(=O)c(O)c3)nc(-n3ccc(=O)c(O)c3)n2)cc(OCCCCCCCC)c1OCCCCCCCC. The lowest BCUT2D eigenvalue weighted by molar-refractivity contribution is 0.231. The minimum absolute atomic E-state index is 0.0200. The molecule has 4 aromatic rings. The molecule has 0 bridgehead atoms. The van der Waals surface area contributed by atoms with Crippen LogP contribution in [-0.2, 0) is 6.61 Å². The number of unbranched alkanes of at least 4 members (excludes halogenated alkanes) is 15. The summed E-state index contributed by atoms with van der Waals surface area (Å²) >= 11 is 0. The van der Waals surface area contributed by atoms with Crippen LogP contribution in [0.4, 0.5) is 0 Å². The summed E-state index contributed by atoms with van der Waals surface area (Å²) in [6.45, 7) is 8.31. The molecule has 4 rings (SSSR count). The molecule has 0 aliphatic carbocycles. The van der Waals surface area contributed by atoms with Crippen molar-refractivity contribution in [1.29, 1.82) is 0 Å². The molecular formula is C44H63N5O8. The number of hydrogen-bond acceptors (Lipinski definition) is 11. The van der Waals surface area contributed by atoms with Crippen molar-refractivity contribution < 1.29 is 29.2 Å². The Labute approximate surface area is 337 Å². The van der Waals surface area contributed by atoms with Gasteiger partial charge in [-0.25, -0.2) is 0 Å². The van der Waals surface area contributed by atoms with Crippen molar-refractivity contribution in [1.82, 2.24) is 24.1 Å².